The third kappa shape index (κ3) is 1.52. The molecular weight excluding hydrogens is 220 g/mol. The molecule has 1 heterocycles. The Morgan fingerprint density at radius 2 is 2.25 bits per heavy atom. The number of nitrogens with two attached hydrogens (primary N) is 1. The molecule has 16 heavy (non-hydrogen) atoms. The van der Waals surface area contributed by atoms with Gasteiger partial charge >= 0.3 is 0 Å². The van der Waals surface area contributed by atoms with Gasteiger partial charge in [-0.2, -0.15) is 0 Å². The maximum absolute atomic E-state index is 6.20. The summed E-state index contributed by atoms with van der Waals surface area (Å²) in [4.78, 5) is 2.52. The molecule has 2 atom stereocenters. The van der Waals surface area contributed by atoms with Gasteiger partial charge in [-0.1, -0.05) is 17.7 Å². The minimum Gasteiger partial charge on any atom is -0.368 e. The van der Waals surface area contributed by atoms with E-state index in [1.807, 2.05) is 12.1 Å². The lowest BCUT2D eigenvalue weighted by atomic mass is 10.1. The fourth-order valence-electron chi connectivity index (χ4n) is 3.24. The van der Waals surface area contributed by atoms with Crippen LogP contribution in [0.15, 0.2) is 18.2 Å². The van der Waals surface area contributed by atoms with Crippen LogP contribution in [-0.4, -0.2) is 12.6 Å². The first-order chi connectivity index (χ1) is 7.79. The summed E-state index contributed by atoms with van der Waals surface area (Å²) in [5, 5.41) is 0.808. The monoisotopic (exact) mass is 236 g/mol. The number of hydrogen-bond acceptors (Lipinski definition) is 2. The standard InChI is InChI=1S/C13H17ClN2/c14-12-2-1-3-13(11(12)7-15)16-8-9-4-5-10(16)6-9/h1-3,9-10H,4-8,15H2. The van der Waals surface area contributed by atoms with Gasteiger partial charge < -0.3 is 10.6 Å². The molecule has 1 aliphatic heterocycles. The zero-order valence-electron chi connectivity index (χ0n) is 9.32. The highest BCUT2D eigenvalue weighted by Crippen LogP contribution is 2.42. The first-order valence-electron chi connectivity index (χ1n) is 6.03. The molecule has 1 saturated carbocycles. The predicted octanol–water partition coefficient (Wildman–Crippen LogP) is 2.79. The normalized spacial score (nSPS) is 27.8. The molecule has 0 aromatic heterocycles. The Morgan fingerprint density at radius 3 is 2.88 bits per heavy atom. The molecule has 2 N–H and O–H groups in total. The highest BCUT2D eigenvalue weighted by atomic mass is 35.5. The van der Waals surface area contributed by atoms with Crippen LogP contribution in [0.25, 0.3) is 0 Å². The van der Waals surface area contributed by atoms with E-state index in [4.69, 9.17) is 17.3 Å². The van der Waals surface area contributed by atoms with Crippen LogP contribution in [0.2, 0.25) is 5.02 Å². The van der Waals surface area contributed by atoms with Crippen molar-refractivity contribution in [2.75, 3.05) is 11.4 Å². The average molecular weight is 237 g/mol. The summed E-state index contributed by atoms with van der Waals surface area (Å²) in [6.07, 6.45) is 4.09. The SMILES string of the molecule is NCc1c(Cl)cccc1N1CC2CCC1C2. The molecule has 1 aliphatic carbocycles. The van der Waals surface area contributed by atoms with Gasteiger partial charge in [0, 0.05) is 35.4 Å². The topological polar surface area (TPSA) is 29.3 Å². The molecule has 86 valence electrons. The fraction of sp³-hybridized carbons (Fsp3) is 0.538. The summed E-state index contributed by atoms with van der Waals surface area (Å²) < 4.78 is 0. The Labute approximate surface area is 101 Å². The Balaban J connectivity index is 1.97. The molecule has 3 rings (SSSR count). The van der Waals surface area contributed by atoms with Crippen LogP contribution in [0, 0.1) is 5.92 Å². The number of anilines is 1. The van der Waals surface area contributed by atoms with Crippen molar-refractivity contribution in [3.63, 3.8) is 0 Å². The molecule has 2 unspecified atom stereocenters. The average Bonchev–Trinajstić information content (AvgIpc) is 2.90. The van der Waals surface area contributed by atoms with Crippen LogP contribution in [0.3, 0.4) is 0 Å². The zero-order valence-corrected chi connectivity index (χ0v) is 10.1. The summed E-state index contributed by atoms with van der Waals surface area (Å²) in [6.45, 7) is 1.72. The Kier molecular flexibility index (Phi) is 2.56. The second-order valence-electron chi connectivity index (χ2n) is 4.93. The summed E-state index contributed by atoms with van der Waals surface area (Å²) in [7, 11) is 0. The Bertz CT molecular complexity index is 405. The van der Waals surface area contributed by atoms with Crippen molar-refractivity contribution < 1.29 is 0 Å². The van der Waals surface area contributed by atoms with E-state index < -0.39 is 0 Å². The van der Waals surface area contributed by atoms with Crippen molar-refractivity contribution in [3.8, 4) is 0 Å². The van der Waals surface area contributed by atoms with Gasteiger partial charge in [-0.15, -0.1) is 0 Å². The number of halogens is 1. The third-order valence-corrected chi connectivity index (χ3v) is 4.37. The highest BCUT2D eigenvalue weighted by molar-refractivity contribution is 6.31. The van der Waals surface area contributed by atoms with E-state index in [0.29, 0.717) is 6.54 Å². The predicted molar refractivity (Wildman–Crippen MR) is 67.8 cm³/mol. The number of benzene rings is 1. The molecule has 2 bridgehead atoms. The molecule has 2 fully saturated rings. The number of piperidine rings is 1. The first kappa shape index (κ1) is 10.4. The highest BCUT2D eigenvalue weighted by Gasteiger charge is 2.38. The van der Waals surface area contributed by atoms with Crippen LogP contribution in [0.1, 0.15) is 24.8 Å². The van der Waals surface area contributed by atoms with Gasteiger partial charge in [0.2, 0.25) is 0 Å². The Morgan fingerprint density at radius 1 is 1.38 bits per heavy atom. The number of rotatable bonds is 2. The van der Waals surface area contributed by atoms with Gasteiger partial charge in [0.1, 0.15) is 0 Å². The van der Waals surface area contributed by atoms with Crippen LogP contribution < -0.4 is 10.6 Å². The van der Waals surface area contributed by atoms with Crippen molar-refractivity contribution >= 4 is 17.3 Å². The van der Waals surface area contributed by atoms with Gasteiger partial charge in [-0.3, -0.25) is 0 Å². The van der Waals surface area contributed by atoms with Crippen LogP contribution in [0.5, 0.6) is 0 Å². The molecule has 1 aromatic carbocycles. The zero-order chi connectivity index (χ0) is 11.1. The lowest BCUT2D eigenvalue weighted by molar-refractivity contribution is 0.552. The maximum atomic E-state index is 6.20. The van der Waals surface area contributed by atoms with Crippen molar-refractivity contribution in [2.24, 2.45) is 11.7 Å². The fourth-order valence-corrected chi connectivity index (χ4v) is 3.48. The molecule has 1 saturated heterocycles. The Hall–Kier alpha value is -0.730. The van der Waals surface area contributed by atoms with Gasteiger partial charge in [0.05, 0.1) is 0 Å². The molecule has 0 amide bonds. The maximum Gasteiger partial charge on any atom is 0.0471 e. The quantitative estimate of drug-likeness (QED) is 0.856. The second-order valence-corrected chi connectivity index (χ2v) is 5.33. The van der Waals surface area contributed by atoms with Crippen molar-refractivity contribution in [3.05, 3.63) is 28.8 Å². The minimum atomic E-state index is 0.531. The number of nitrogens with zero attached hydrogens (tertiary/aromatic N) is 1. The molecule has 1 aromatic rings. The second kappa shape index (κ2) is 3.94. The smallest absolute Gasteiger partial charge is 0.0471 e. The molecule has 2 nitrogen and oxygen atoms in total. The van der Waals surface area contributed by atoms with E-state index in [1.165, 1.54) is 31.5 Å². The van der Waals surface area contributed by atoms with Gasteiger partial charge in [-0.05, 0) is 37.3 Å². The van der Waals surface area contributed by atoms with E-state index in [2.05, 4.69) is 11.0 Å². The molecule has 0 spiro atoms. The summed E-state index contributed by atoms with van der Waals surface area (Å²) in [6, 6.07) is 6.85. The number of hydrogen-bond donors (Lipinski definition) is 1. The van der Waals surface area contributed by atoms with Crippen molar-refractivity contribution in [2.45, 2.75) is 31.8 Å². The molecule has 3 heteroatoms. The van der Waals surface area contributed by atoms with Gasteiger partial charge in [0.25, 0.3) is 0 Å². The van der Waals surface area contributed by atoms with E-state index in [-0.39, 0.29) is 0 Å². The first-order valence-corrected chi connectivity index (χ1v) is 6.41. The molecule has 0 radical (unpaired) electrons. The van der Waals surface area contributed by atoms with Crippen LogP contribution >= 0.6 is 11.6 Å². The number of fused-ring (bicyclic) bond motifs is 2. The summed E-state index contributed by atoms with van der Waals surface area (Å²) >= 11 is 6.20. The van der Waals surface area contributed by atoms with Gasteiger partial charge in [0.15, 0.2) is 0 Å². The lowest BCUT2D eigenvalue weighted by Crippen LogP contribution is -2.32. The van der Waals surface area contributed by atoms with E-state index >= 15 is 0 Å². The molecular formula is C13H17ClN2. The van der Waals surface area contributed by atoms with Gasteiger partial charge in [-0.25, -0.2) is 0 Å². The van der Waals surface area contributed by atoms with Crippen LogP contribution in [0.4, 0.5) is 5.69 Å². The van der Waals surface area contributed by atoms with Crippen LogP contribution in [-0.2, 0) is 6.54 Å². The summed E-state index contributed by atoms with van der Waals surface area (Å²) in [5.74, 6) is 0.898. The lowest BCUT2D eigenvalue weighted by Gasteiger charge is -2.31. The minimum absolute atomic E-state index is 0.531. The van der Waals surface area contributed by atoms with Crippen molar-refractivity contribution in [1.82, 2.24) is 0 Å². The van der Waals surface area contributed by atoms with E-state index in [0.717, 1.165) is 22.5 Å². The summed E-state index contributed by atoms with van der Waals surface area (Å²) in [5.41, 5.74) is 8.18. The third-order valence-electron chi connectivity index (χ3n) is 4.02. The van der Waals surface area contributed by atoms with E-state index in [9.17, 15) is 0 Å². The van der Waals surface area contributed by atoms with E-state index in [1.54, 1.807) is 0 Å². The van der Waals surface area contributed by atoms with Crippen molar-refractivity contribution in [1.29, 1.82) is 0 Å². The largest absolute Gasteiger partial charge is 0.368 e. The molecule has 2 aliphatic rings.